The normalized spacial score (nSPS) is 37.3. The van der Waals surface area contributed by atoms with Crippen molar-refractivity contribution >= 4 is 27.2 Å². The van der Waals surface area contributed by atoms with Crippen molar-refractivity contribution in [1.82, 2.24) is 0 Å². The maximum Gasteiger partial charge on any atom is 0.466 e. The van der Waals surface area contributed by atoms with E-state index in [4.69, 9.17) is 18.8 Å². The standard InChI is InChI=1S/C20H29NO14S2/c1-8-13(23)15(25)17(27)19(32-8)33-10-4-2-9(3-5-10)6-12(21-35-37(29,30)31)36-20-18(28)16(26)14(24)11(7-22)34-20/h2-5,8,11,13-20,22-28H,6-7H2,1H3,(H,29,30,31)/b21-12+/t8-,11+,13-,14+,15+,16-,17+,18+,19-,20-/m0/s1. The van der Waals surface area contributed by atoms with Crippen molar-refractivity contribution in [3.05, 3.63) is 29.8 Å². The monoisotopic (exact) mass is 571 g/mol. The van der Waals surface area contributed by atoms with E-state index < -0.39 is 77.6 Å². The first-order valence-electron chi connectivity index (χ1n) is 11.0. The number of ether oxygens (including phenoxy) is 3. The second-order valence-corrected chi connectivity index (χ2v) is 10.6. The number of hydrogen-bond acceptors (Lipinski definition) is 15. The molecule has 17 heteroatoms. The van der Waals surface area contributed by atoms with Crippen molar-refractivity contribution in [1.29, 1.82) is 0 Å². The van der Waals surface area contributed by atoms with Gasteiger partial charge in [-0.3, -0.25) is 4.55 Å². The van der Waals surface area contributed by atoms with Crippen LogP contribution in [0.1, 0.15) is 12.5 Å². The molecule has 15 nitrogen and oxygen atoms in total. The van der Waals surface area contributed by atoms with Gasteiger partial charge in [-0.25, -0.2) is 4.28 Å². The molecule has 0 aliphatic carbocycles. The molecule has 0 saturated carbocycles. The highest BCUT2D eigenvalue weighted by Gasteiger charge is 2.45. The molecule has 0 aromatic heterocycles. The van der Waals surface area contributed by atoms with Crippen LogP contribution in [0.25, 0.3) is 0 Å². The van der Waals surface area contributed by atoms with Crippen LogP contribution in [0.2, 0.25) is 0 Å². The lowest BCUT2D eigenvalue weighted by Gasteiger charge is -2.39. The Bertz CT molecular complexity index is 1020. The molecule has 2 aliphatic rings. The summed E-state index contributed by atoms with van der Waals surface area (Å²) in [5.41, 5.74) is -0.799. The van der Waals surface area contributed by atoms with Gasteiger partial charge in [0.2, 0.25) is 6.29 Å². The number of aliphatic hydroxyl groups is 7. The van der Waals surface area contributed by atoms with Crippen molar-refractivity contribution in [2.45, 2.75) is 73.9 Å². The zero-order chi connectivity index (χ0) is 27.5. The first kappa shape index (κ1) is 29.9. The van der Waals surface area contributed by atoms with Crippen molar-refractivity contribution in [3.8, 4) is 5.75 Å². The van der Waals surface area contributed by atoms with Crippen molar-refractivity contribution < 1.29 is 67.2 Å². The fourth-order valence-corrected chi connectivity index (χ4v) is 4.92. The summed E-state index contributed by atoms with van der Waals surface area (Å²) in [5, 5.41) is 72.5. The van der Waals surface area contributed by atoms with E-state index in [1.165, 1.54) is 31.2 Å². The number of rotatable bonds is 8. The van der Waals surface area contributed by atoms with Crippen LogP contribution in [-0.2, 0) is 30.6 Å². The van der Waals surface area contributed by atoms with Crippen LogP contribution in [0.3, 0.4) is 0 Å². The van der Waals surface area contributed by atoms with Crippen molar-refractivity contribution in [2.24, 2.45) is 5.16 Å². The van der Waals surface area contributed by atoms with Crippen LogP contribution < -0.4 is 4.74 Å². The average Bonchev–Trinajstić information content (AvgIpc) is 2.85. The average molecular weight is 572 g/mol. The molecular formula is C20H29NO14S2. The Morgan fingerprint density at radius 2 is 1.57 bits per heavy atom. The Morgan fingerprint density at radius 3 is 2.16 bits per heavy atom. The predicted octanol–water partition coefficient (Wildman–Crippen LogP) is -2.90. The van der Waals surface area contributed by atoms with E-state index in [0.717, 1.165) is 0 Å². The summed E-state index contributed by atoms with van der Waals surface area (Å²) in [7, 11) is -4.97. The van der Waals surface area contributed by atoms with Gasteiger partial charge in [-0.2, -0.15) is 8.42 Å². The molecular weight excluding hydrogens is 542 g/mol. The second kappa shape index (κ2) is 12.5. The number of oxime groups is 1. The summed E-state index contributed by atoms with van der Waals surface area (Å²) in [4.78, 5) is 0. The molecule has 3 rings (SSSR count). The Hall–Kier alpha value is -1.61. The number of nitrogens with zero attached hydrogens (tertiary/aromatic N) is 1. The summed E-state index contributed by atoms with van der Waals surface area (Å²) < 4.78 is 51.3. The number of aliphatic hydroxyl groups excluding tert-OH is 7. The molecule has 37 heavy (non-hydrogen) atoms. The first-order valence-corrected chi connectivity index (χ1v) is 13.2. The number of benzene rings is 1. The molecule has 2 saturated heterocycles. The summed E-state index contributed by atoms with van der Waals surface area (Å²) in [6.45, 7) is 0.827. The van der Waals surface area contributed by atoms with Gasteiger partial charge in [-0.1, -0.05) is 29.1 Å². The third-order valence-electron chi connectivity index (χ3n) is 5.67. The summed E-state index contributed by atoms with van der Waals surface area (Å²) in [6.07, 6.45) is -12.6. The van der Waals surface area contributed by atoms with Gasteiger partial charge in [0.15, 0.2) is 0 Å². The molecule has 0 radical (unpaired) electrons. The molecule has 0 spiro atoms. The van der Waals surface area contributed by atoms with Crippen LogP contribution in [0.15, 0.2) is 29.4 Å². The van der Waals surface area contributed by atoms with E-state index in [9.17, 15) is 44.2 Å². The van der Waals surface area contributed by atoms with Gasteiger partial charge in [0.25, 0.3) is 0 Å². The minimum Gasteiger partial charge on any atom is -0.462 e. The highest BCUT2D eigenvalue weighted by molar-refractivity contribution is 8.14. The lowest BCUT2D eigenvalue weighted by molar-refractivity contribution is -0.268. The third-order valence-corrected chi connectivity index (χ3v) is 7.05. The maximum atomic E-state index is 11.0. The summed E-state index contributed by atoms with van der Waals surface area (Å²) in [6, 6.07) is 5.98. The van der Waals surface area contributed by atoms with Crippen LogP contribution in [0, 0.1) is 0 Å². The van der Waals surface area contributed by atoms with Gasteiger partial charge >= 0.3 is 10.4 Å². The predicted molar refractivity (Wildman–Crippen MR) is 125 cm³/mol. The zero-order valence-electron chi connectivity index (χ0n) is 19.3. The van der Waals surface area contributed by atoms with Gasteiger partial charge < -0.3 is 50.0 Å². The minimum absolute atomic E-state index is 0.125. The van der Waals surface area contributed by atoms with Gasteiger partial charge in [0, 0.05) is 6.42 Å². The lowest BCUT2D eigenvalue weighted by Crippen LogP contribution is -2.58. The molecule has 0 unspecified atom stereocenters. The number of hydrogen-bond donors (Lipinski definition) is 8. The largest absolute Gasteiger partial charge is 0.466 e. The number of thioether (sulfide) groups is 1. The van der Waals surface area contributed by atoms with Gasteiger partial charge in [0.05, 0.1) is 12.7 Å². The van der Waals surface area contributed by atoms with Crippen LogP contribution in [0.5, 0.6) is 5.75 Å². The molecule has 1 aromatic rings. The third kappa shape index (κ3) is 7.71. The molecule has 8 N–H and O–H groups in total. The fourth-order valence-electron chi connectivity index (χ4n) is 3.59. The molecule has 1 aromatic carbocycles. The summed E-state index contributed by atoms with van der Waals surface area (Å²) >= 11 is 0.627. The fraction of sp³-hybridized carbons (Fsp3) is 0.650. The molecule has 10 atom stereocenters. The minimum atomic E-state index is -4.97. The van der Waals surface area contributed by atoms with Gasteiger partial charge in [-0.15, -0.1) is 0 Å². The Labute approximate surface area is 215 Å². The molecule has 2 fully saturated rings. The van der Waals surface area contributed by atoms with Crippen LogP contribution in [-0.4, -0.2) is 121 Å². The second-order valence-electron chi connectivity index (χ2n) is 8.42. The molecule has 210 valence electrons. The SMILES string of the molecule is C[C@@H]1O[C@@H](Oc2ccc(C/C(=N\OS(=O)(=O)O)S[C@@H]3O[C@H](CO)[C@@H](O)[C@H](O)[C@H]3O)cc2)[C@H](O)[C@H](O)[C@H]1O. The molecule has 2 aliphatic heterocycles. The van der Waals surface area contributed by atoms with Gasteiger partial charge in [-0.05, 0) is 24.6 Å². The highest BCUT2D eigenvalue weighted by atomic mass is 32.3. The Morgan fingerprint density at radius 1 is 0.946 bits per heavy atom. The van der Waals surface area contributed by atoms with E-state index in [1.807, 2.05) is 0 Å². The first-order chi connectivity index (χ1) is 17.3. The van der Waals surface area contributed by atoms with E-state index in [1.54, 1.807) is 0 Å². The summed E-state index contributed by atoms with van der Waals surface area (Å²) in [5.74, 6) is 0.220. The molecule has 0 amide bonds. The van der Waals surface area contributed by atoms with E-state index in [2.05, 4.69) is 9.44 Å². The van der Waals surface area contributed by atoms with Gasteiger partial charge in [0.1, 0.15) is 59.0 Å². The quantitative estimate of drug-likeness (QED) is 0.0675. The maximum absolute atomic E-state index is 11.0. The lowest BCUT2D eigenvalue weighted by atomic mass is 10.00. The Balaban J connectivity index is 1.72. The van der Waals surface area contributed by atoms with Crippen molar-refractivity contribution in [3.63, 3.8) is 0 Å². The van der Waals surface area contributed by atoms with E-state index >= 15 is 0 Å². The smallest absolute Gasteiger partial charge is 0.462 e. The van der Waals surface area contributed by atoms with E-state index in [0.29, 0.717) is 17.3 Å². The molecule has 2 heterocycles. The topological polar surface area (TPSA) is 245 Å². The van der Waals surface area contributed by atoms with Crippen molar-refractivity contribution in [2.75, 3.05) is 6.61 Å². The van der Waals surface area contributed by atoms with Crippen LogP contribution >= 0.6 is 11.8 Å². The van der Waals surface area contributed by atoms with E-state index in [-0.39, 0.29) is 17.2 Å². The Kier molecular flexibility index (Phi) is 10.1. The zero-order valence-corrected chi connectivity index (χ0v) is 20.9. The van der Waals surface area contributed by atoms with Crippen LogP contribution in [0.4, 0.5) is 0 Å². The molecule has 0 bridgehead atoms. The highest BCUT2D eigenvalue weighted by Crippen LogP contribution is 2.31.